The molecule has 1 heterocycles. The van der Waals surface area contributed by atoms with Crippen molar-refractivity contribution in [1.29, 1.82) is 0 Å². The highest BCUT2D eigenvalue weighted by atomic mass is 15.2. The Morgan fingerprint density at radius 2 is 1.88 bits per heavy atom. The van der Waals surface area contributed by atoms with Crippen LogP contribution in [0.2, 0.25) is 0 Å². The lowest BCUT2D eigenvalue weighted by Crippen LogP contribution is -2.48. The third-order valence-electron chi connectivity index (χ3n) is 4.05. The Labute approximate surface area is 102 Å². The van der Waals surface area contributed by atoms with Crippen LogP contribution in [0.25, 0.3) is 0 Å². The summed E-state index contributed by atoms with van der Waals surface area (Å²) in [5.74, 6) is 0.739. The largest absolute Gasteiger partial charge is 0.314 e. The third kappa shape index (κ3) is 4.06. The minimum absolute atomic E-state index is 0.605. The molecule has 0 spiro atoms. The van der Waals surface area contributed by atoms with E-state index in [4.69, 9.17) is 0 Å². The van der Waals surface area contributed by atoms with Crippen molar-refractivity contribution in [3.05, 3.63) is 0 Å². The Hall–Kier alpha value is -0.0800. The maximum absolute atomic E-state index is 3.55. The molecule has 3 atom stereocenters. The first-order valence-electron chi connectivity index (χ1n) is 7.01. The summed E-state index contributed by atoms with van der Waals surface area (Å²) in [6.07, 6.45) is 4.19. The van der Waals surface area contributed by atoms with E-state index in [1.807, 2.05) is 0 Å². The fourth-order valence-electron chi connectivity index (χ4n) is 2.64. The fraction of sp³-hybridized carbons (Fsp3) is 1.00. The smallest absolute Gasteiger partial charge is 0.0107 e. The topological polar surface area (TPSA) is 15.3 Å². The Balaban J connectivity index is 2.38. The molecular formula is C14H30N2. The van der Waals surface area contributed by atoms with E-state index in [0.29, 0.717) is 12.1 Å². The van der Waals surface area contributed by atoms with E-state index >= 15 is 0 Å². The highest BCUT2D eigenvalue weighted by molar-refractivity contribution is 4.81. The third-order valence-corrected chi connectivity index (χ3v) is 4.05. The quantitative estimate of drug-likeness (QED) is 0.775. The van der Waals surface area contributed by atoms with Gasteiger partial charge in [-0.3, -0.25) is 4.90 Å². The van der Waals surface area contributed by atoms with Crippen LogP contribution in [0.4, 0.5) is 0 Å². The number of piperidine rings is 1. The molecular weight excluding hydrogens is 196 g/mol. The van der Waals surface area contributed by atoms with Crippen molar-refractivity contribution in [2.45, 2.75) is 72.0 Å². The molecule has 1 N–H and O–H groups in total. The molecule has 1 rings (SSSR count). The molecule has 0 amide bonds. The maximum atomic E-state index is 3.55. The summed E-state index contributed by atoms with van der Waals surface area (Å²) in [5, 5.41) is 3.55. The van der Waals surface area contributed by atoms with Gasteiger partial charge < -0.3 is 5.32 Å². The summed E-state index contributed by atoms with van der Waals surface area (Å²) >= 11 is 0. The van der Waals surface area contributed by atoms with Crippen molar-refractivity contribution in [3.8, 4) is 0 Å². The number of nitrogens with one attached hydrogen (secondary N) is 1. The summed E-state index contributed by atoms with van der Waals surface area (Å²) in [7, 11) is 0. The molecule has 1 saturated heterocycles. The average Bonchev–Trinajstić information content (AvgIpc) is 2.25. The molecule has 16 heavy (non-hydrogen) atoms. The van der Waals surface area contributed by atoms with Crippen LogP contribution < -0.4 is 5.32 Å². The number of hydrogen-bond donors (Lipinski definition) is 1. The first kappa shape index (κ1) is 14.0. The van der Waals surface area contributed by atoms with Crippen molar-refractivity contribution in [2.24, 2.45) is 5.92 Å². The molecule has 0 radical (unpaired) electrons. The van der Waals surface area contributed by atoms with Crippen molar-refractivity contribution >= 4 is 0 Å². The Bertz CT molecular complexity index is 191. The van der Waals surface area contributed by atoms with Crippen molar-refractivity contribution < 1.29 is 0 Å². The summed E-state index contributed by atoms with van der Waals surface area (Å²) in [6, 6.07) is 2.10. The zero-order valence-electron chi connectivity index (χ0n) is 11.8. The predicted molar refractivity (Wildman–Crippen MR) is 71.8 cm³/mol. The van der Waals surface area contributed by atoms with Crippen molar-refractivity contribution in [3.63, 3.8) is 0 Å². The molecule has 2 heteroatoms. The molecule has 96 valence electrons. The van der Waals surface area contributed by atoms with Gasteiger partial charge in [-0.25, -0.2) is 0 Å². The monoisotopic (exact) mass is 226 g/mol. The molecule has 1 fully saturated rings. The first-order chi connectivity index (χ1) is 7.52. The zero-order chi connectivity index (χ0) is 12.1. The van der Waals surface area contributed by atoms with Gasteiger partial charge in [-0.05, 0) is 45.7 Å². The van der Waals surface area contributed by atoms with Gasteiger partial charge in [0.2, 0.25) is 0 Å². The second-order valence-electron chi connectivity index (χ2n) is 5.86. The van der Waals surface area contributed by atoms with Gasteiger partial charge >= 0.3 is 0 Å². The average molecular weight is 226 g/mol. The Kier molecular flexibility index (Phi) is 5.77. The van der Waals surface area contributed by atoms with Crippen molar-refractivity contribution in [2.75, 3.05) is 13.1 Å². The van der Waals surface area contributed by atoms with Crippen LogP contribution in [0.5, 0.6) is 0 Å². The van der Waals surface area contributed by atoms with E-state index in [9.17, 15) is 0 Å². The number of nitrogens with zero attached hydrogens (tertiary/aromatic N) is 1. The summed E-state index contributed by atoms with van der Waals surface area (Å²) in [5.41, 5.74) is 0. The van der Waals surface area contributed by atoms with Gasteiger partial charge in [0, 0.05) is 18.1 Å². The van der Waals surface area contributed by atoms with Crippen LogP contribution in [-0.4, -0.2) is 36.1 Å². The maximum Gasteiger partial charge on any atom is 0.0107 e. The Morgan fingerprint density at radius 1 is 1.19 bits per heavy atom. The van der Waals surface area contributed by atoms with Crippen LogP contribution >= 0.6 is 0 Å². The fourth-order valence-corrected chi connectivity index (χ4v) is 2.64. The van der Waals surface area contributed by atoms with Gasteiger partial charge in [-0.2, -0.15) is 0 Å². The van der Waals surface area contributed by atoms with Crippen molar-refractivity contribution in [1.82, 2.24) is 10.2 Å². The SMILES string of the molecule is CC(C)NCC(C)C(C)N1CCCCC1C. The lowest BCUT2D eigenvalue weighted by molar-refractivity contribution is 0.0833. The van der Waals surface area contributed by atoms with E-state index < -0.39 is 0 Å². The lowest BCUT2D eigenvalue weighted by Gasteiger charge is -2.41. The van der Waals surface area contributed by atoms with Gasteiger partial charge in [0.1, 0.15) is 0 Å². The van der Waals surface area contributed by atoms with Gasteiger partial charge in [0.05, 0.1) is 0 Å². The molecule has 2 nitrogen and oxygen atoms in total. The highest BCUT2D eigenvalue weighted by Gasteiger charge is 2.26. The van der Waals surface area contributed by atoms with E-state index in [1.54, 1.807) is 0 Å². The molecule has 1 aliphatic rings. The van der Waals surface area contributed by atoms with E-state index in [2.05, 4.69) is 44.8 Å². The highest BCUT2D eigenvalue weighted by Crippen LogP contribution is 2.22. The van der Waals surface area contributed by atoms with Crippen LogP contribution in [0.3, 0.4) is 0 Å². The molecule has 0 aromatic carbocycles. The number of hydrogen-bond acceptors (Lipinski definition) is 2. The normalized spacial score (nSPS) is 27.0. The molecule has 0 saturated carbocycles. The molecule has 0 bridgehead atoms. The van der Waals surface area contributed by atoms with Gasteiger partial charge in [0.15, 0.2) is 0 Å². The van der Waals surface area contributed by atoms with Crippen LogP contribution in [0, 0.1) is 5.92 Å². The summed E-state index contributed by atoms with van der Waals surface area (Å²) < 4.78 is 0. The van der Waals surface area contributed by atoms with Gasteiger partial charge in [-0.1, -0.05) is 27.2 Å². The number of rotatable bonds is 5. The molecule has 1 aliphatic heterocycles. The molecule has 0 aliphatic carbocycles. The molecule has 0 aromatic rings. The molecule has 0 aromatic heterocycles. The van der Waals surface area contributed by atoms with Crippen LogP contribution in [0.1, 0.15) is 53.9 Å². The lowest BCUT2D eigenvalue weighted by atomic mass is 9.95. The van der Waals surface area contributed by atoms with E-state index in [1.165, 1.54) is 25.8 Å². The minimum Gasteiger partial charge on any atom is -0.314 e. The summed E-state index contributed by atoms with van der Waals surface area (Å²) in [6.45, 7) is 14.0. The Morgan fingerprint density at radius 3 is 2.44 bits per heavy atom. The van der Waals surface area contributed by atoms with E-state index in [0.717, 1.165) is 18.5 Å². The van der Waals surface area contributed by atoms with Gasteiger partial charge in [-0.15, -0.1) is 0 Å². The van der Waals surface area contributed by atoms with E-state index in [-0.39, 0.29) is 0 Å². The second kappa shape index (κ2) is 6.61. The first-order valence-corrected chi connectivity index (χ1v) is 7.01. The second-order valence-corrected chi connectivity index (χ2v) is 5.86. The number of likely N-dealkylation sites (tertiary alicyclic amines) is 1. The van der Waals surface area contributed by atoms with Crippen LogP contribution in [0.15, 0.2) is 0 Å². The molecule has 3 unspecified atom stereocenters. The summed E-state index contributed by atoms with van der Waals surface area (Å²) in [4.78, 5) is 2.70. The van der Waals surface area contributed by atoms with Gasteiger partial charge in [0.25, 0.3) is 0 Å². The zero-order valence-corrected chi connectivity index (χ0v) is 11.8. The van der Waals surface area contributed by atoms with Crippen LogP contribution in [-0.2, 0) is 0 Å². The predicted octanol–water partition coefficient (Wildman–Crippen LogP) is 2.88. The minimum atomic E-state index is 0.605. The standard InChI is InChI=1S/C14H30N2/c1-11(2)15-10-12(3)14(5)16-9-7-6-8-13(16)4/h11-15H,6-10H2,1-5H3.